The van der Waals surface area contributed by atoms with Crippen molar-refractivity contribution in [3.63, 3.8) is 0 Å². The van der Waals surface area contributed by atoms with Gasteiger partial charge in [-0.05, 0) is 0 Å². The molecule has 54 valence electrons. The molecule has 4 heteroatoms. The van der Waals surface area contributed by atoms with Crippen molar-refractivity contribution in [2.24, 2.45) is 5.90 Å². The van der Waals surface area contributed by atoms with Gasteiger partial charge < -0.3 is 14.9 Å². The number of ether oxygens (including phenoxy) is 1. The minimum atomic E-state index is 0.142. The summed E-state index contributed by atoms with van der Waals surface area (Å²) >= 11 is 0. The molecule has 4 nitrogen and oxygen atoms in total. The normalized spacial score (nSPS) is 28.3. The van der Waals surface area contributed by atoms with E-state index < -0.39 is 0 Å². The Hall–Kier alpha value is -0.160. The van der Waals surface area contributed by atoms with E-state index >= 15 is 0 Å². The summed E-state index contributed by atoms with van der Waals surface area (Å²) < 4.78 is 5.25. The second kappa shape index (κ2) is 3.79. The second-order valence-corrected chi connectivity index (χ2v) is 2.03. The molecular formula is C5H12N2O2. The molecular weight excluding hydrogens is 120 g/mol. The number of nitrogens with two attached hydrogens (primary N) is 1. The van der Waals surface area contributed by atoms with Crippen molar-refractivity contribution in [1.82, 2.24) is 5.32 Å². The highest BCUT2D eigenvalue weighted by Gasteiger charge is 2.11. The summed E-state index contributed by atoms with van der Waals surface area (Å²) in [5, 5.41) is 3.16. The van der Waals surface area contributed by atoms with E-state index in [1.807, 2.05) is 0 Å². The Morgan fingerprint density at radius 2 is 2.67 bits per heavy atom. The lowest BCUT2D eigenvalue weighted by atomic mass is 10.3. The van der Waals surface area contributed by atoms with E-state index in [4.69, 9.17) is 10.6 Å². The van der Waals surface area contributed by atoms with E-state index in [1.54, 1.807) is 0 Å². The molecule has 0 aromatic rings. The monoisotopic (exact) mass is 132 g/mol. The van der Waals surface area contributed by atoms with Crippen LogP contribution in [0.5, 0.6) is 0 Å². The standard InChI is InChI=1S/C5H12N2O2/c6-9-4-5-3-7-1-2-8-5/h5,7H,1-4,6H2. The summed E-state index contributed by atoms with van der Waals surface area (Å²) in [7, 11) is 0. The number of nitrogens with one attached hydrogen (secondary N) is 1. The van der Waals surface area contributed by atoms with E-state index in [-0.39, 0.29) is 6.10 Å². The zero-order chi connectivity index (χ0) is 6.53. The summed E-state index contributed by atoms with van der Waals surface area (Å²) in [4.78, 5) is 4.42. The summed E-state index contributed by atoms with van der Waals surface area (Å²) in [6.45, 7) is 3.01. The Balaban J connectivity index is 2.08. The van der Waals surface area contributed by atoms with Gasteiger partial charge in [0.1, 0.15) is 0 Å². The maximum Gasteiger partial charge on any atom is 0.0953 e. The molecule has 0 radical (unpaired) electrons. The van der Waals surface area contributed by atoms with E-state index in [1.165, 1.54) is 0 Å². The summed E-state index contributed by atoms with van der Waals surface area (Å²) in [5.41, 5.74) is 0. The Kier molecular flexibility index (Phi) is 2.93. The molecule has 1 aliphatic heterocycles. The van der Waals surface area contributed by atoms with Crippen molar-refractivity contribution in [2.45, 2.75) is 6.10 Å². The fourth-order valence-corrected chi connectivity index (χ4v) is 0.834. The van der Waals surface area contributed by atoms with E-state index in [2.05, 4.69) is 10.2 Å². The lowest BCUT2D eigenvalue weighted by Gasteiger charge is -2.22. The lowest BCUT2D eigenvalue weighted by molar-refractivity contribution is -0.0320. The number of hydrogen-bond acceptors (Lipinski definition) is 4. The molecule has 1 heterocycles. The van der Waals surface area contributed by atoms with Crippen LogP contribution >= 0.6 is 0 Å². The van der Waals surface area contributed by atoms with Gasteiger partial charge in [0.15, 0.2) is 0 Å². The van der Waals surface area contributed by atoms with Gasteiger partial charge in [0.2, 0.25) is 0 Å². The van der Waals surface area contributed by atoms with Gasteiger partial charge in [-0.1, -0.05) is 0 Å². The minimum Gasteiger partial charge on any atom is -0.373 e. The molecule has 3 N–H and O–H groups in total. The topological polar surface area (TPSA) is 56.5 Å². The second-order valence-electron chi connectivity index (χ2n) is 2.03. The van der Waals surface area contributed by atoms with Gasteiger partial charge >= 0.3 is 0 Å². The number of hydrogen-bond donors (Lipinski definition) is 2. The molecule has 0 aliphatic carbocycles. The van der Waals surface area contributed by atoms with Crippen LogP contribution in [-0.2, 0) is 9.57 Å². The maximum atomic E-state index is 5.25. The third kappa shape index (κ3) is 2.28. The van der Waals surface area contributed by atoms with Crippen LogP contribution in [0.25, 0.3) is 0 Å². The van der Waals surface area contributed by atoms with E-state index in [0.717, 1.165) is 19.7 Å². The van der Waals surface area contributed by atoms with Crippen molar-refractivity contribution in [3.05, 3.63) is 0 Å². The van der Waals surface area contributed by atoms with Gasteiger partial charge in [-0.3, -0.25) is 0 Å². The molecule has 0 spiro atoms. The maximum absolute atomic E-state index is 5.25. The minimum absolute atomic E-state index is 0.142. The fourth-order valence-electron chi connectivity index (χ4n) is 0.834. The smallest absolute Gasteiger partial charge is 0.0953 e. The fraction of sp³-hybridized carbons (Fsp3) is 1.00. The van der Waals surface area contributed by atoms with Gasteiger partial charge in [0, 0.05) is 13.1 Å². The predicted molar refractivity (Wildman–Crippen MR) is 32.7 cm³/mol. The first kappa shape index (κ1) is 6.95. The van der Waals surface area contributed by atoms with Crippen LogP contribution in [0, 0.1) is 0 Å². The van der Waals surface area contributed by atoms with Crippen LogP contribution in [-0.4, -0.2) is 32.4 Å². The summed E-state index contributed by atoms with van der Waals surface area (Å²) in [6.07, 6.45) is 0.142. The molecule has 0 saturated carbocycles. The molecule has 0 bridgehead atoms. The zero-order valence-corrected chi connectivity index (χ0v) is 5.30. The summed E-state index contributed by atoms with van der Waals surface area (Å²) in [5.74, 6) is 4.85. The molecule has 0 amide bonds. The highest BCUT2D eigenvalue weighted by molar-refractivity contribution is 4.65. The SMILES string of the molecule is NOCC1CNCCO1. The third-order valence-corrected chi connectivity index (χ3v) is 1.29. The molecule has 1 fully saturated rings. The molecule has 1 aliphatic rings. The van der Waals surface area contributed by atoms with Gasteiger partial charge in [-0.25, -0.2) is 5.90 Å². The van der Waals surface area contributed by atoms with Crippen LogP contribution in [0.3, 0.4) is 0 Å². The predicted octanol–water partition coefficient (Wildman–Crippen LogP) is -1.13. The number of morpholine rings is 1. The van der Waals surface area contributed by atoms with Gasteiger partial charge in [0.25, 0.3) is 0 Å². The van der Waals surface area contributed by atoms with E-state index in [9.17, 15) is 0 Å². The molecule has 1 unspecified atom stereocenters. The lowest BCUT2D eigenvalue weighted by Crippen LogP contribution is -2.41. The van der Waals surface area contributed by atoms with Gasteiger partial charge in [-0.15, -0.1) is 0 Å². The highest BCUT2D eigenvalue weighted by Crippen LogP contribution is 1.93. The van der Waals surface area contributed by atoms with Crippen LogP contribution < -0.4 is 11.2 Å². The van der Waals surface area contributed by atoms with Crippen molar-refractivity contribution in [1.29, 1.82) is 0 Å². The molecule has 1 rings (SSSR count). The van der Waals surface area contributed by atoms with Gasteiger partial charge in [0.05, 0.1) is 19.3 Å². The van der Waals surface area contributed by atoms with Crippen molar-refractivity contribution in [2.75, 3.05) is 26.3 Å². The molecule has 0 aromatic carbocycles. The molecule has 1 saturated heterocycles. The first-order valence-electron chi connectivity index (χ1n) is 3.07. The first-order valence-corrected chi connectivity index (χ1v) is 3.07. The first-order chi connectivity index (χ1) is 4.43. The Bertz CT molecular complexity index is 70.6. The van der Waals surface area contributed by atoms with Gasteiger partial charge in [-0.2, -0.15) is 0 Å². The quantitative estimate of drug-likeness (QED) is 0.466. The Morgan fingerprint density at radius 3 is 3.22 bits per heavy atom. The van der Waals surface area contributed by atoms with Crippen LogP contribution in [0.1, 0.15) is 0 Å². The zero-order valence-electron chi connectivity index (χ0n) is 5.30. The van der Waals surface area contributed by atoms with Crippen molar-refractivity contribution in [3.8, 4) is 0 Å². The molecule has 1 atom stereocenters. The van der Waals surface area contributed by atoms with Crippen molar-refractivity contribution >= 4 is 0 Å². The van der Waals surface area contributed by atoms with E-state index in [0.29, 0.717) is 6.61 Å². The average Bonchev–Trinajstić information content (AvgIpc) is 1.91. The highest BCUT2D eigenvalue weighted by atomic mass is 16.6. The molecule has 9 heavy (non-hydrogen) atoms. The third-order valence-electron chi connectivity index (χ3n) is 1.29. The largest absolute Gasteiger partial charge is 0.373 e. The summed E-state index contributed by atoms with van der Waals surface area (Å²) in [6, 6.07) is 0. The Morgan fingerprint density at radius 1 is 1.78 bits per heavy atom. The van der Waals surface area contributed by atoms with Crippen LogP contribution in [0.15, 0.2) is 0 Å². The Labute approximate surface area is 54.3 Å². The van der Waals surface area contributed by atoms with Crippen LogP contribution in [0.4, 0.5) is 0 Å². The van der Waals surface area contributed by atoms with Crippen molar-refractivity contribution < 1.29 is 9.57 Å². The number of rotatable bonds is 2. The van der Waals surface area contributed by atoms with Crippen LogP contribution in [0.2, 0.25) is 0 Å². The molecule has 0 aromatic heterocycles. The average molecular weight is 132 g/mol.